The van der Waals surface area contributed by atoms with Gasteiger partial charge in [-0.3, -0.25) is 14.5 Å². The van der Waals surface area contributed by atoms with Crippen LogP contribution in [-0.2, 0) is 27.1 Å². The van der Waals surface area contributed by atoms with Crippen LogP contribution in [0.2, 0.25) is 0 Å². The Morgan fingerprint density at radius 2 is 1.67 bits per heavy atom. The number of imide groups is 1. The number of nitrogens with one attached hydrogen (secondary N) is 1. The topological polar surface area (TPSA) is 112 Å². The van der Waals surface area contributed by atoms with Crippen molar-refractivity contribution in [2.75, 3.05) is 51.3 Å². The number of ether oxygens (including phenoxy) is 2. The van der Waals surface area contributed by atoms with Crippen molar-refractivity contribution in [2.45, 2.75) is 63.5 Å². The normalized spacial score (nSPS) is 18.0. The molecular weight excluding hydrogens is 650 g/mol. The molecular formula is C32H36F6N4O6. The number of carbonyl (C=O) groups excluding carboxylic acids is 3. The number of rotatable bonds is 12. The molecule has 0 aliphatic carbocycles. The number of benzene rings is 1. The number of alkyl halides is 6. The molecule has 1 unspecified atom stereocenters. The highest BCUT2D eigenvalue weighted by Gasteiger charge is 2.72. The van der Waals surface area contributed by atoms with Crippen molar-refractivity contribution >= 4 is 23.5 Å². The van der Waals surface area contributed by atoms with Crippen LogP contribution in [0, 0.1) is 12.1 Å². The summed E-state index contributed by atoms with van der Waals surface area (Å²) in [5.41, 5.74) is -7.29. The van der Waals surface area contributed by atoms with Crippen LogP contribution in [0.1, 0.15) is 50.3 Å². The first-order valence-electron chi connectivity index (χ1n) is 15.2. The highest BCUT2D eigenvalue weighted by atomic mass is 19.4. The number of amides is 4. The van der Waals surface area contributed by atoms with Crippen LogP contribution >= 0.6 is 0 Å². The molecule has 2 aromatic carbocycles. The Balaban J connectivity index is 1.41. The Morgan fingerprint density at radius 3 is 2.27 bits per heavy atom. The molecule has 0 radical (unpaired) electrons. The lowest BCUT2D eigenvalue weighted by atomic mass is 9.91. The Bertz CT molecular complexity index is 1520. The molecule has 2 heterocycles. The number of urea groups is 1. The van der Waals surface area contributed by atoms with E-state index >= 15 is 0 Å². The van der Waals surface area contributed by atoms with Gasteiger partial charge in [0.2, 0.25) is 5.91 Å². The minimum atomic E-state index is -6.05. The van der Waals surface area contributed by atoms with E-state index in [1.807, 2.05) is 6.07 Å². The van der Waals surface area contributed by atoms with Gasteiger partial charge in [0.05, 0.1) is 11.3 Å². The van der Waals surface area contributed by atoms with Crippen LogP contribution in [0.3, 0.4) is 0 Å². The van der Waals surface area contributed by atoms with E-state index in [-0.39, 0.29) is 30.8 Å². The number of likely N-dealkylation sites (N-methyl/N-ethyl adjacent to an activating group) is 1. The first kappa shape index (κ1) is 36.4. The summed E-state index contributed by atoms with van der Waals surface area (Å²) >= 11 is 0. The molecule has 0 spiro atoms. The van der Waals surface area contributed by atoms with Gasteiger partial charge >= 0.3 is 18.4 Å². The SMILES string of the molecule is CCCc1cc(C(O)(C(F)(F)F)C(F)(F)F)c#cc1N(CC)CCCN(C)C(=O)CN1C(=O)NC(C)(c2ccc3c(c2)OCCO3)C1=O. The molecule has 10 nitrogen and oxygen atoms in total. The van der Waals surface area contributed by atoms with Crippen LogP contribution in [0.4, 0.5) is 36.8 Å². The highest BCUT2D eigenvalue weighted by Crippen LogP contribution is 2.50. The molecule has 2 aliphatic rings. The lowest BCUT2D eigenvalue weighted by molar-refractivity contribution is -0.376. The molecule has 2 aromatic rings. The summed E-state index contributed by atoms with van der Waals surface area (Å²) in [6, 6.07) is 9.07. The second-order valence-electron chi connectivity index (χ2n) is 11.7. The summed E-state index contributed by atoms with van der Waals surface area (Å²) in [5.74, 6) is -0.243. The molecule has 1 fully saturated rings. The average molecular weight is 687 g/mol. The van der Waals surface area contributed by atoms with Crippen molar-refractivity contribution in [1.29, 1.82) is 0 Å². The third-order valence-corrected chi connectivity index (χ3v) is 8.40. The van der Waals surface area contributed by atoms with Crippen molar-refractivity contribution in [2.24, 2.45) is 0 Å². The fraction of sp³-hybridized carbons (Fsp3) is 0.531. The molecule has 0 saturated carbocycles. The van der Waals surface area contributed by atoms with Crippen LogP contribution in [0.5, 0.6) is 11.5 Å². The fourth-order valence-electron chi connectivity index (χ4n) is 5.59. The second-order valence-corrected chi connectivity index (χ2v) is 11.7. The molecule has 0 bridgehead atoms. The maximum Gasteiger partial charge on any atom is 0.431 e. The number of hydrogen-bond donors (Lipinski definition) is 2. The van der Waals surface area contributed by atoms with Gasteiger partial charge < -0.3 is 29.7 Å². The van der Waals surface area contributed by atoms with Gasteiger partial charge in [-0.05, 0) is 62.1 Å². The lowest BCUT2D eigenvalue weighted by Gasteiger charge is -2.32. The van der Waals surface area contributed by atoms with E-state index < -0.39 is 53.4 Å². The molecule has 48 heavy (non-hydrogen) atoms. The Morgan fingerprint density at radius 1 is 1.02 bits per heavy atom. The van der Waals surface area contributed by atoms with E-state index in [1.165, 1.54) is 18.9 Å². The summed E-state index contributed by atoms with van der Waals surface area (Å²) in [5, 5.41) is 12.5. The van der Waals surface area contributed by atoms with E-state index in [9.17, 15) is 45.8 Å². The standard InChI is InChI=1S/C32H36F6N4O6/c1-5-8-20-17-22(30(46,31(33,34)35)32(36,37)38)9-11-23(20)41(6-2)14-7-13-40(4)26(43)19-42-27(44)29(3,39-28(42)45)21-10-12-24-25(18-21)48-16-15-47-24/h10,12,17-18,46H,5-8,13-16,19H2,1-4H3,(H,39,45). The Kier molecular flexibility index (Phi) is 10.3. The number of anilines is 1. The van der Waals surface area contributed by atoms with Crippen molar-refractivity contribution in [3.05, 3.63) is 53.1 Å². The van der Waals surface area contributed by atoms with E-state index in [1.54, 1.807) is 36.9 Å². The zero-order chi connectivity index (χ0) is 35.7. The van der Waals surface area contributed by atoms with Gasteiger partial charge in [-0.2, -0.15) is 26.3 Å². The molecule has 2 aliphatic heterocycles. The maximum atomic E-state index is 13.5. The number of hydrogen-bond acceptors (Lipinski definition) is 7. The average Bonchev–Trinajstić information content (AvgIpc) is 3.25. The largest absolute Gasteiger partial charge is 0.486 e. The Hall–Kier alpha value is -4.39. The van der Waals surface area contributed by atoms with E-state index in [0.717, 1.165) is 4.90 Å². The number of aryl methyl sites for hydroxylation is 1. The van der Waals surface area contributed by atoms with Gasteiger partial charge in [0.1, 0.15) is 25.3 Å². The summed E-state index contributed by atoms with van der Waals surface area (Å²) < 4.78 is 92.0. The van der Waals surface area contributed by atoms with Crippen molar-refractivity contribution < 1.29 is 55.3 Å². The van der Waals surface area contributed by atoms with Crippen molar-refractivity contribution in [1.82, 2.24) is 15.1 Å². The predicted octanol–water partition coefficient (Wildman–Crippen LogP) is 4.46. The van der Waals surface area contributed by atoms with Crippen molar-refractivity contribution in [3.63, 3.8) is 0 Å². The van der Waals surface area contributed by atoms with Gasteiger partial charge in [0.25, 0.3) is 11.5 Å². The second kappa shape index (κ2) is 13.6. The first-order valence-corrected chi connectivity index (χ1v) is 15.2. The molecule has 4 amide bonds. The maximum absolute atomic E-state index is 13.5. The minimum Gasteiger partial charge on any atom is -0.486 e. The molecule has 262 valence electrons. The molecule has 16 heteroatoms. The van der Waals surface area contributed by atoms with Gasteiger partial charge in [0.15, 0.2) is 11.5 Å². The van der Waals surface area contributed by atoms with Gasteiger partial charge in [-0.15, -0.1) is 0 Å². The van der Waals surface area contributed by atoms with Crippen LogP contribution in [0.15, 0.2) is 24.3 Å². The molecule has 1 atom stereocenters. The third kappa shape index (κ3) is 6.78. The molecule has 4 rings (SSSR count). The smallest absolute Gasteiger partial charge is 0.431 e. The monoisotopic (exact) mass is 686 g/mol. The Labute approximate surface area is 273 Å². The van der Waals surface area contributed by atoms with Gasteiger partial charge in [-0.25, -0.2) is 4.79 Å². The van der Waals surface area contributed by atoms with E-state index in [2.05, 4.69) is 11.4 Å². The lowest BCUT2D eigenvalue weighted by Crippen LogP contribution is -2.53. The van der Waals surface area contributed by atoms with Crippen LogP contribution < -0.4 is 19.7 Å². The number of carbonyl (C=O) groups is 3. The zero-order valence-electron chi connectivity index (χ0n) is 26.8. The predicted molar refractivity (Wildman–Crippen MR) is 159 cm³/mol. The molecule has 2 N–H and O–H groups in total. The number of halogens is 6. The highest BCUT2D eigenvalue weighted by molar-refractivity contribution is 6.09. The molecule has 0 aromatic heterocycles. The fourth-order valence-corrected chi connectivity index (χ4v) is 5.59. The number of nitrogens with zero attached hydrogens (tertiary/aromatic N) is 3. The van der Waals surface area contributed by atoms with Crippen molar-refractivity contribution in [3.8, 4) is 11.5 Å². The summed E-state index contributed by atoms with van der Waals surface area (Å²) in [6.45, 7) is 5.78. The van der Waals surface area contributed by atoms with Crippen LogP contribution in [0.25, 0.3) is 0 Å². The zero-order valence-corrected chi connectivity index (χ0v) is 26.8. The summed E-state index contributed by atoms with van der Waals surface area (Å²) in [7, 11) is 1.48. The van der Waals surface area contributed by atoms with E-state index in [0.29, 0.717) is 55.7 Å². The minimum absolute atomic E-state index is 0.102. The quantitative estimate of drug-likeness (QED) is 0.251. The van der Waals surface area contributed by atoms with Gasteiger partial charge in [-0.1, -0.05) is 25.5 Å². The number of fused-ring (bicyclic) bond motifs is 1. The molecule has 1 saturated heterocycles. The summed E-state index contributed by atoms with van der Waals surface area (Å²) in [6.07, 6.45) is -11.3. The van der Waals surface area contributed by atoms with E-state index in [4.69, 9.17) is 9.47 Å². The first-order chi connectivity index (χ1) is 22.4. The van der Waals surface area contributed by atoms with Gasteiger partial charge in [0, 0.05) is 26.7 Å². The van der Waals surface area contributed by atoms with Crippen LogP contribution in [-0.4, -0.2) is 91.5 Å². The number of aliphatic hydroxyl groups is 1. The summed E-state index contributed by atoms with van der Waals surface area (Å²) in [4.78, 5) is 43.1. The third-order valence-electron chi connectivity index (χ3n) is 8.40.